The van der Waals surface area contributed by atoms with Gasteiger partial charge in [-0.15, -0.1) is 0 Å². The Morgan fingerprint density at radius 1 is 1.00 bits per heavy atom. The molecule has 3 heteroatoms. The number of aromatic nitrogens is 1. The Kier molecular flexibility index (Phi) is 3.11. The SMILES string of the molecule is Cc1ccc(C)c2c(C=O)c(-c3ccc(Cl)cc3)[nH]c12. The standard InChI is InChI=1S/C17H14ClNO/c1-10-3-4-11(2)16-15(10)14(9-20)17(19-16)12-5-7-13(18)8-6-12/h3-9,19H,1-2H3. The molecule has 0 saturated heterocycles. The van der Waals surface area contributed by atoms with Crippen molar-refractivity contribution in [3.8, 4) is 11.3 Å². The van der Waals surface area contributed by atoms with Gasteiger partial charge in [-0.25, -0.2) is 0 Å². The number of aldehydes is 1. The van der Waals surface area contributed by atoms with Crippen molar-refractivity contribution in [1.29, 1.82) is 0 Å². The van der Waals surface area contributed by atoms with E-state index in [0.717, 1.165) is 39.6 Å². The summed E-state index contributed by atoms with van der Waals surface area (Å²) < 4.78 is 0. The maximum atomic E-state index is 11.6. The molecule has 1 heterocycles. The molecule has 0 saturated carbocycles. The van der Waals surface area contributed by atoms with Gasteiger partial charge in [0.15, 0.2) is 6.29 Å². The van der Waals surface area contributed by atoms with Crippen molar-refractivity contribution in [2.24, 2.45) is 0 Å². The van der Waals surface area contributed by atoms with Crippen molar-refractivity contribution in [2.45, 2.75) is 13.8 Å². The second kappa shape index (κ2) is 4.80. The number of hydrogen-bond acceptors (Lipinski definition) is 1. The second-order valence-corrected chi connectivity index (χ2v) is 5.42. The fraction of sp³-hybridized carbons (Fsp3) is 0.118. The van der Waals surface area contributed by atoms with Crippen molar-refractivity contribution in [1.82, 2.24) is 4.98 Å². The van der Waals surface area contributed by atoms with Crippen molar-refractivity contribution >= 4 is 28.8 Å². The summed E-state index contributed by atoms with van der Waals surface area (Å²) >= 11 is 5.92. The van der Waals surface area contributed by atoms with Gasteiger partial charge < -0.3 is 4.98 Å². The summed E-state index contributed by atoms with van der Waals surface area (Å²) in [6, 6.07) is 11.6. The zero-order valence-corrected chi connectivity index (χ0v) is 12.1. The minimum atomic E-state index is 0.685. The number of aromatic amines is 1. The number of aryl methyl sites for hydroxylation is 2. The monoisotopic (exact) mass is 283 g/mol. The maximum Gasteiger partial charge on any atom is 0.152 e. The van der Waals surface area contributed by atoms with Crippen LogP contribution < -0.4 is 0 Å². The first-order chi connectivity index (χ1) is 9.61. The van der Waals surface area contributed by atoms with Gasteiger partial charge in [-0.3, -0.25) is 4.79 Å². The smallest absolute Gasteiger partial charge is 0.152 e. The van der Waals surface area contributed by atoms with Crippen LogP contribution in [0.4, 0.5) is 0 Å². The molecule has 100 valence electrons. The van der Waals surface area contributed by atoms with E-state index in [1.807, 2.05) is 44.2 Å². The van der Waals surface area contributed by atoms with Gasteiger partial charge in [0, 0.05) is 21.5 Å². The number of hydrogen-bond donors (Lipinski definition) is 1. The molecule has 20 heavy (non-hydrogen) atoms. The van der Waals surface area contributed by atoms with E-state index in [-0.39, 0.29) is 0 Å². The Labute approximate surface area is 122 Å². The maximum absolute atomic E-state index is 11.6. The molecule has 0 amide bonds. The molecule has 1 aromatic heterocycles. The van der Waals surface area contributed by atoms with E-state index in [9.17, 15) is 4.79 Å². The number of H-pyrrole nitrogens is 1. The fourth-order valence-electron chi connectivity index (χ4n) is 2.60. The third-order valence-corrected chi connectivity index (χ3v) is 3.91. The number of rotatable bonds is 2. The van der Waals surface area contributed by atoms with Crippen LogP contribution in [0.5, 0.6) is 0 Å². The zero-order valence-electron chi connectivity index (χ0n) is 11.3. The Hall–Kier alpha value is -2.06. The highest BCUT2D eigenvalue weighted by Crippen LogP contribution is 2.33. The highest BCUT2D eigenvalue weighted by molar-refractivity contribution is 6.30. The van der Waals surface area contributed by atoms with Crippen LogP contribution in [0.25, 0.3) is 22.2 Å². The number of benzene rings is 2. The minimum Gasteiger partial charge on any atom is -0.354 e. The first-order valence-corrected chi connectivity index (χ1v) is 6.82. The molecule has 0 unspecified atom stereocenters. The van der Waals surface area contributed by atoms with Gasteiger partial charge in [-0.1, -0.05) is 35.9 Å². The van der Waals surface area contributed by atoms with E-state index in [0.29, 0.717) is 10.6 Å². The van der Waals surface area contributed by atoms with Gasteiger partial charge in [0.25, 0.3) is 0 Å². The number of nitrogens with one attached hydrogen (secondary N) is 1. The normalized spacial score (nSPS) is 10.9. The molecule has 2 aromatic carbocycles. The highest BCUT2D eigenvalue weighted by atomic mass is 35.5. The summed E-state index contributed by atoms with van der Waals surface area (Å²) in [4.78, 5) is 14.9. The summed E-state index contributed by atoms with van der Waals surface area (Å²) in [5.41, 5.74) is 5.79. The van der Waals surface area contributed by atoms with Crippen molar-refractivity contribution in [3.63, 3.8) is 0 Å². The van der Waals surface area contributed by atoms with Crippen molar-refractivity contribution < 1.29 is 4.79 Å². The molecule has 0 aliphatic rings. The van der Waals surface area contributed by atoms with Crippen LogP contribution in [-0.4, -0.2) is 11.3 Å². The van der Waals surface area contributed by atoms with Crippen molar-refractivity contribution in [2.75, 3.05) is 0 Å². The summed E-state index contributed by atoms with van der Waals surface area (Å²) in [6.07, 6.45) is 0.926. The Bertz CT molecular complexity index is 800. The lowest BCUT2D eigenvalue weighted by molar-refractivity contribution is 0.112. The van der Waals surface area contributed by atoms with Gasteiger partial charge in [0.2, 0.25) is 0 Å². The molecule has 3 rings (SSSR count). The topological polar surface area (TPSA) is 32.9 Å². The van der Waals surface area contributed by atoms with Gasteiger partial charge >= 0.3 is 0 Å². The molecule has 0 atom stereocenters. The first-order valence-electron chi connectivity index (χ1n) is 6.45. The van der Waals surface area contributed by atoms with Crippen LogP contribution in [0.1, 0.15) is 21.5 Å². The average Bonchev–Trinajstić information content (AvgIpc) is 2.84. The first kappa shape index (κ1) is 12.9. The van der Waals surface area contributed by atoms with Crippen molar-refractivity contribution in [3.05, 3.63) is 58.1 Å². The lowest BCUT2D eigenvalue weighted by Gasteiger charge is -2.00. The van der Waals surface area contributed by atoms with E-state index < -0.39 is 0 Å². The second-order valence-electron chi connectivity index (χ2n) is 4.99. The molecule has 0 aliphatic heterocycles. The number of carbonyl (C=O) groups is 1. The third-order valence-electron chi connectivity index (χ3n) is 3.66. The van der Waals surface area contributed by atoms with Crippen LogP contribution in [0.3, 0.4) is 0 Å². The van der Waals surface area contributed by atoms with E-state index in [2.05, 4.69) is 11.1 Å². The predicted octanol–water partition coefficient (Wildman–Crippen LogP) is 4.92. The Morgan fingerprint density at radius 3 is 2.30 bits per heavy atom. The van der Waals surface area contributed by atoms with Crippen LogP contribution >= 0.6 is 11.6 Å². The highest BCUT2D eigenvalue weighted by Gasteiger charge is 2.15. The van der Waals surface area contributed by atoms with Gasteiger partial charge in [-0.05, 0) is 42.7 Å². The lowest BCUT2D eigenvalue weighted by atomic mass is 10.0. The van der Waals surface area contributed by atoms with Gasteiger partial charge in [0.1, 0.15) is 0 Å². The summed E-state index contributed by atoms with van der Waals surface area (Å²) in [7, 11) is 0. The van der Waals surface area contributed by atoms with E-state index >= 15 is 0 Å². The molecule has 3 aromatic rings. The Morgan fingerprint density at radius 2 is 1.65 bits per heavy atom. The molecule has 0 radical (unpaired) electrons. The number of fused-ring (bicyclic) bond motifs is 1. The van der Waals surface area contributed by atoms with Gasteiger partial charge in [-0.2, -0.15) is 0 Å². The van der Waals surface area contributed by atoms with Crippen LogP contribution in [0, 0.1) is 13.8 Å². The van der Waals surface area contributed by atoms with Crippen LogP contribution in [0.2, 0.25) is 5.02 Å². The summed E-state index contributed by atoms with van der Waals surface area (Å²) in [5, 5.41) is 1.69. The average molecular weight is 284 g/mol. The molecule has 2 nitrogen and oxygen atoms in total. The van der Waals surface area contributed by atoms with Gasteiger partial charge in [0.05, 0.1) is 5.69 Å². The van der Waals surface area contributed by atoms with Crippen LogP contribution in [0.15, 0.2) is 36.4 Å². The Balaban J connectivity index is 2.36. The quantitative estimate of drug-likeness (QED) is 0.666. The van der Waals surface area contributed by atoms with E-state index in [4.69, 9.17) is 11.6 Å². The third kappa shape index (κ3) is 1.93. The lowest BCUT2D eigenvalue weighted by Crippen LogP contribution is -1.85. The largest absolute Gasteiger partial charge is 0.354 e. The number of carbonyl (C=O) groups excluding carboxylic acids is 1. The van der Waals surface area contributed by atoms with E-state index in [1.54, 1.807) is 0 Å². The summed E-state index contributed by atoms with van der Waals surface area (Å²) in [5.74, 6) is 0. The van der Waals surface area contributed by atoms with E-state index in [1.165, 1.54) is 0 Å². The molecule has 0 bridgehead atoms. The zero-order chi connectivity index (χ0) is 14.3. The molecule has 0 spiro atoms. The predicted molar refractivity (Wildman–Crippen MR) is 83.6 cm³/mol. The molecular formula is C17H14ClNO. The number of halogens is 1. The summed E-state index contributed by atoms with van der Waals surface area (Å²) in [6.45, 7) is 4.06. The molecule has 0 aliphatic carbocycles. The minimum absolute atomic E-state index is 0.685. The van der Waals surface area contributed by atoms with Crippen LogP contribution in [-0.2, 0) is 0 Å². The molecule has 1 N–H and O–H groups in total. The molecular weight excluding hydrogens is 270 g/mol. The fourth-order valence-corrected chi connectivity index (χ4v) is 2.72. The molecule has 0 fully saturated rings.